The van der Waals surface area contributed by atoms with Crippen LogP contribution < -0.4 is 10.1 Å². The zero-order valence-electron chi connectivity index (χ0n) is 15.6. The summed E-state index contributed by atoms with van der Waals surface area (Å²) in [6.45, 7) is 5.24. The van der Waals surface area contributed by atoms with Crippen LogP contribution in [0.15, 0.2) is 42.5 Å². The second kappa shape index (κ2) is 9.39. The molecule has 0 saturated carbocycles. The summed E-state index contributed by atoms with van der Waals surface area (Å²) in [7, 11) is 0. The summed E-state index contributed by atoms with van der Waals surface area (Å²) in [6.07, 6.45) is 0. The van der Waals surface area contributed by atoms with Crippen molar-refractivity contribution in [2.75, 3.05) is 13.2 Å². The van der Waals surface area contributed by atoms with E-state index < -0.39 is 5.97 Å². The van der Waals surface area contributed by atoms with Gasteiger partial charge in [-0.3, -0.25) is 4.79 Å². The van der Waals surface area contributed by atoms with E-state index in [9.17, 15) is 9.59 Å². The predicted octanol–water partition coefficient (Wildman–Crippen LogP) is 2.97. The van der Waals surface area contributed by atoms with Gasteiger partial charge in [0.2, 0.25) is 0 Å². The molecule has 0 spiro atoms. The van der Waals surface area contributed by atoms with Crippen molar-refractivity contribution >= 4 is 11.9 Å². The third-order valence-electron chi connectivity index (χ3n) is 4.11. The van der Waals surface area contributed by atoms with E-state index in [2.05, 4.69) is 5.32 Å². The minimum absolute atomic E-state index is 0.189. The average molecular weight is 366 g/mol. The van der Waals surface area contributed by atoms with Crippen molar-refractivity contribution in [1.82, 2.24) is 5.32 Å². The number of carbonyl (C=O) groups excluding carboxylic acids is 2. The van der Waals surface area contributed by atoms with Crippen LogP contribution >= 0.6 is 0 Å². The molecule has 140 valence electrons. The lowest BCUT2D eigenvalue weighted by Crippen LogP contribution is -2.32. The summed E-state index contributed by atoms with van der Waals surface area (Å²) in [5.74, 6) is -0.584. The Morgan fingerprint density at radius 2 is 1.78 bits per heavy atom. The number of nitrogens with zero attached hydrogens (tertiary/aromatic N) is 1. The SMILES string of the molecule is Cc1ccc([C@H](C)NC(=O)COC(=O)COc2ccc(C#N)cc2)cc1C. The fraction of sp³-hybridized carbons (Fsp3) is 0.286. The summed E-state index contributed by atoms with van der Waals surface area (Å²) in [4.78, 5) is 23.7. The maximum absolute atomic E-state index is 12.0. The second-order valence-electron chi connectivity index (χ2n) is 6.22. The topological polar surface area (TPSA) is 88.4 Å². The molecule has 0 aliphatic carbocycles. The van der Waals surface area contributed by atoms with Gasteiger partial charge in [0.05, 0.1) is 17.7 Å². The van der Waals surface area contributed by atoms with Crippen LogP contribution in [-0.2, 0) is 14.3 Å². The van der Waals surface area contributed by atoms with E-state index in [4.69, 9.17) is 14.7 Å². The van der Waals surface area contributed by atoms with E-state index in [1.54, 1.807) is 24.3 Å². The standard InChI is InChI=1S/C21H22N2O4/c1-14-4-7-18(10-15(14)2)16(3)23-20(24)12-27-21(25)13-26-19-8-5-17(11-22)6-9-19/h4-10,16H,12-13H2,1-3H3,(H,23,24)/t16-/m0/s1. The number of carbonyl (C=O) groups is 2. The van der Waals surface area contributed by atoms with Gasteiger partial charge >= 0.3 is 5.97 Å². The van der Waals surface area contributed by atoms with Gasteiger partial charge in [0.25, 0.3) is 5.91 Å². The molecule has 6 nitrogen and oxygen atoms in total. The lowest BCUT2D eigenvalue weighted by molar-refractivity contribution is -0.150. The molecule has 1 amide bonds. The van der Waals surface area contributed by atoms with Crippen molar-refractivity contribution in [3.8, 4) is 11.8 Å². The van der Waals surface area contributed by atoms with Crippen molar-refractivity contribution in [2.45, 2.75) is 26.8 Å². The molecule has 0 bridgehead atoms. The van der Waals surface area contributed by atoms with Crippen molar-refractivity contribution in [2.24, 2.45) is 0 Å². The first-order valence-electron chi connectivity index (χ1n) is 8.54. The van der Waals surface area contributed by atoms with Crippen molar-refractivity contribution in [3.05, 3.63) is 64.7 Å². The molecule has 1 N–H and O–H groups in total. The van der Waals surface area contributed by atoms with Crippen LogP contribution in [-0.4, -0.2) is 25.1 Å². The number of benzene rings is 2. The number of nitriles is 1. The van der Waals surface area contributed by atoms with E-state index in [1.165, 1.54) is 5.56 Å². The Balaban J connectivity index is 1.74. The number of amides is 1. The molecular weight excluding hydrogens is 344 g/mol. The van der Waals surface area contributed by atoms with Crippen LogP contribution in [0.5, 0.6) is 5.75 Å². The summed E-state index contributed by atoms with van der Waals surface area (Å²) < 4.78 is 10.2. The first kappa shape index (κ1) is 20.0. The Bertz CT molecular complexity index is 853. The maximum Gasteiger partial charge on any atom is 0.344 e. The van der Waals surface area contributed by atoms with Crippen LogP contribution in [0.2, 0.25) is 0 Å². The molecule has 0 unspecified atom stereocenters. The molecule has 0 aliphatic rings. The van der Waals surface area contributed by atoms with Crippen LogP contribution in [0.25, 0.3) is 0 Å². The number of nitrogens with one attached hydrogen (secondary N) is 1. The first-order chi connectivity index (χ1) is 12.9. The summed E-state index contributed by atoms with van der Waals surface area (Å²) in [6, 6.07) is 14.1. The second-order valence-corrected chi connectivity index (χ2v) is 6.22. The van der Waals surface area contributed by atoms with Gasteiger partial charge in [0, 0.05) is 0 Å². The number of esters is 1. The van der Waals surface area contributed by atoms with Gasteiger partial charge < -0.3 is 14.8 Å². The number of aryl methyl sites for hydroxylation is 2. The molecule has 2 aromatic rings. The third kappa shape index (κ3) is 6.15. The highest BCUT2D eigenvalue weighted by Crippen LogP contribution is 2.16. The van der Waals surface area contributed by atoms with Crippen LogP contribution in [0, 0.1) is 25.2 Å². The molecule has 2 aromatic carbocycles. The molecule has 0 fully saturated rings. The molecule has 0 heterocycles. The molecule has 0 saturated heterocycles. The van der Waals surface area contributed by atoms with E-state index in [1.807, 2.05) is 45.0 Å². The fourth-order valence-electron chi connectivity index (χ4n) is 2.36. The van der Waals surface area contributed by atoms with Gasteiger partial charge in [-0.15, -0.1) is 0 Å². The van der Waals surface area contributed by atoms with E-state index in [0.717, 1.165) is 11.1 Å². The largest absolute Gasteiger partial charge is 0.482 e. The monoisotopic (exact) mass is 366 g/mol. The number of rotatable bonds is 7. The summed E-state index contributed by atoms with van der Waals surface area (Å²) in [5, 5.41) is 11.5. The Labute approximate surface area is 158 Å². The Hall–Kier alpha value is -3.33. The van der Waals surface area contributed by atoms with Crippen molar-refractivity contribution < 1.29 is 19.1 Å². The smallest absolute Gasteiger partial charge is 0.344 e. The van der Waals surface area contributed by atoms with Gasteiger partial charge in [0.15, 0.2) is 13.2 Å². The highest BCUT2D eigenvalue weighted by molar-refractivity contribution is 5.81. The zero-order valence-corrected chi connectivity index (χ0v) is 15.6. The zero-order chi connectivity index (χ0) is 19.8. The van der Waals surface area contributed by atoms with E-state index in [0.29, 0.717) is 11.3 Å². The normalized spacial score (nSPS) is 11.2. The summed E-state index contributed by atoms with van der Waals surface area (Å²) in [5.41, 5.74) is 3.83. The van der Waals surface area contributed by atoms with Gasteiger partial charge in [-0.05, 0) is 61.7 Å². The minimum Gasteiger partial charge on any atom is -0.482 e. The van der Waals surface area contributed by atoms with Crippen molar-refractivity contribution in [3.63, 3.8) is 0 Å². The van der Waals surface area contributed by atoms with Crippen LogP contribution in [0.3, 0.4) is 0 Å². The van der Waals surface area contributed by atoms with Crippen LogP contribution in [0.1, 0.15) is 35.2 Å². The molecule has 0 radical (unpaired) electrons. The van der Waals surface area contributed by atoms with Gasteiger partial charge in [-0.1, -0.05) is 18.2 Å². The van der Waals surface area contributed by atoms with Crippen LogP contribution in [0.4, 0.5) is 0 Å². The van der Waals surface area contributed by atoms with Gasteiger partial charge in [0.1, 0.15) is 5.75 Å². The molecule has 6 heteroatoms. The fourth-order valence-corrected chi connectivity index (χ4v) is 2.36. The highest BCUT2D eigenvalue weighted by atomic mass is 16.6. The van der Waals surface area contributed by atoms with E-state index >= 15 is 0 Å². The first-order valence-corrected chi connectivity index (χ1v) is 8.54. The molecule has 1 atom stereocenters. The lowest BCUT2D eigenvalue weighted by Gasteiger charge is -2.16. The maximum atomic E-state index is 12.0. The number of hydrogen-bond acceptors (Lipinski definition) is 5. The molecule has 2 rings (SSSR count). The van der Waals surface area contributed by atoms with E-state index in [-0.39, 0.29) is 25.2 Å². The lowest BCUT2D eigenvalue weighted by atomic mass is 10.0. The summed E-state index contributed by atoms with van der Waals surface area (Å²) >= 11 is 0. The number of ether oxygens (including phenoxy) is 2. The Morgan fingerprint density at radius 3 is 2.41 bits per heavy atom. The average Bonchev–Trinajstić information content (AvgIpc) is 2.67. The highest BCUT2D eigenvalue weighted by Gasteiger charge is 2.13. The Morgan fingerprint density at radius 1 is 1.07 bits per heavy atom. The third-order valence-corrected chi connectivity index (χ3v) is 4.11. The molecule has 0 aromatic heterocycles. The molecular formula is C21H22N2O4. The van der Waals surface area contributed by atoms with Crippen molar-refractivity contribution in [1.29, 1.82) is 5.26 Å². The molecule has 0 aliphatic heterocycles. The van der Waals surface area contributed by atoms with Gasteiger partial charge in [-0.2, -0.15) is 5.26 Å². The Kier molecular flexibility index (Phi) is 6.95. The quantitative estimate of drug-likeness (QED) is 0.761. The number of hydrogen-bond donors (Lipinski definition) is 1. The predicted molar refractivity (Wildman–Crippen MR) is 100 cm³/mol. The van der Waals surface area contributed by atoms with Gasteiger partial charge in [-0.25, -0.2) is 4.79 Å². The molecule has 27 heavy (non-hydrogen) atoms. The minimum atomic E-state index is -0.645.